The highest BCUT2D eigenvalue weighted by atomic mass is 16.1. The first kappa shape index (κ1) is 8.52. The monoisotopic (exact) mass is 182 g/mol. The van der Waals surface area contributed by atoms with Gasteiger partial charge in [-0.1, -0.05) is 0 Å². The average molecular weight is 182 g/mol. The average Bonchev–Trinajstić information content (AvgIpc) is 2.46. The molecule has 72 valence electrons. The van der Waals surface area contributed by atoms with Crippen molar-refractivity contribution in [3.63, 3.8) is 0 Å². The molecule has 0 spiro atoms. The van der Waals surface area contributed by atoms with Crippen LogP contribution in [0.2, 0.25) is 0 Å². The third-order valence-electron chi connectivity index (χ3n) is 2.34. The standard InChI is InChI=1S/C8H14N4O/c9-2-4-12-8(13)6-1-3-10-5-7(6)11-12/h10-11H,1-5,9H2. The van der Waals surface area contributed by atoms with E-state index in [0.717, 1.165) is 30.8 Å². The van der Waals surface area contributed by atoms with Gasteiger partial charge < -0.3 is 11.1 Å². The SMILES string of the molecule is NCCn1[nH]c2c(c1=O)CCNC2. The lowest BCUT2D eigenvalue weighted by molar-refractivity contribution is 0.586. The Morgan fingerprint density at radius 2 is 2.38 bits per heavy atom. The molecule has 0 atom stereocenters. The molecule has 1 aromatic rings. The molecule has 0 aromatic carbocycles. The molecule has 5 nitrogen and oxygen atoms in total. The molecular weight excluding hydrogens is 168 g/mol. The van der Waals surface area contributed by atoms with Crippen molar-refractivity contribution < 1.29 is 0 Å². The third kappa shape index (κ3) is 1.40. The predicted octanol–water partition coefficient (Wildman–Crippen LogP) is -1.22. The van der Waals surface area contributed by atoms with Crippen molar-refractivity contribution >= 4 is 0 Å². The van der Waals surface area contributed by atoms with Crippen molar-refractivity contribution in [3.05, 3.63) is 21.6 Å². The molecule has 0 unspecified atom stereocenters. The van der Waals surface area contributed by atoms with Gasteiger partial charge in [0.15, 0.2) is 0 Å². The Morgan fingerprint density at radius 3 is 3.08 bits per heavy atom. The summed E-state index contributed by atoms with van der Waals surface area (Å²) in [4.78, 5) is 11.7. The highest BCUT2D eigenvalue weighted by molar-refractivity contribution is 5.19. The summed E-state index contributed by atoms with van der Waals surface area (Å²) in [7, 11) is 0. The number of hydrogen-bond acceptors (Lipinski definition) is 3. The van der Waals surface area contributed by atoms with Gasteiger partial charge in [0.2, 0.25) is 0 Å². The largest absolute Gasteiger partial charge is 0.329 e. The van der Waals surface area contributed by atoms with Crippen molar-refractivity contribution in [3.8, 4) is 0 Å². The lowest BCUT2D eigenvalue weighted by Gasteiger charge is -2.09. The molecular formula is C8H14N4O. The van der Waals surface area contributed by atoms with Crippen LogP contribution in [0.25, 0.3) is 0 Å². The zero-order valence-corrected chi connectivity index (χ0v) is 7.47. The fourth-order valence-corrected chi connectivity index (χ4v) is 1.69. The maximum Gasteiger partial charge on any atom is 0.270 e. The van der Waals surface area contributed by atoms with E-state index in [-0.39, 0.29) is 5.56 Å². The van der Waals surface area contributed by atoms with Crippen LogP contribution in [0.15, 0.2) is 4.79 Å². The first-order valence-electron chi connectivity index (χ1n) is 4.54. The van der Waals surface area contributed by atoms with E-state index in [9.17, 15) is 4.79 Å². The van der Waals surface area contributed by atoms with Crippen molar-refractivity contribution in [1.82, 2.24) is 15.1 Å². The highest BCUT2D eigenvalue weighted by Crippen LogP contribution is 2.05. The predicted molar refractivity (Wildman–Crippen MR) is 49.5 cm³/mol. The number of H-pyrrole nitrogens is 1. The number of aromatic nitrogens is 2. The molecule has 1 aliphatic heterocycles. The molecule has 2 heterocycles. The molecule has 0 saturated heterocycles. The van der Waals surface area contributed by atoms with Crippen LogP contribution in [0.1, 0.15) is 11.3 Å². The quantitative estimate of drug-likeness (QED) is 0.536. The fraction of sp³-hybridized carbons (Fsp3) is 0.625. The minimum absolute atomic E-state index is 0.0990. The molecule has 0 amide bonds. The van der Waals surface area contributed by atoms with Crippen molar-refractivity contribution in [2.45, 2.75) is 19.5 Å². The Kier molecular flexibility index (Phi) is 2.20. The number of hydrogen-bond donors (Lipinski definition) is 3. The number of aromatic amines is 1. The first-order valence-corrected chi connectivity index (χ1v) is 4.54. The Balaban J connectivity index is 2.39. The van der Waals surface area contributed by atoms with Crippen LogP contribution < -0.4 is 16.6 Å². The van der Waals surface area contributed by atoms with Crippen LogP contribution in [0, 0.1) is 0 Å². The van der Waals surface area contributed by atoms with Crippen LogP contribution in [0.4, 0.5) is 0 Å². The zero-order valence-electron chi connectivity index (χ0n) is 7.47. The lowest BCUT2D eigenvalue weighted by atomic mass is 10.1. The summed E-state index contributed by atoms with van der Waals surface area (Å²) in [6, 6.07) is 0. The minimum atomic E-state index is 0.0990. The Morgan fingerprint density at radius 1 is 1.54 bits per heavy atom. The Hall–Kier alpha value is -1.07. The van der Waals surface area contributed by atoms with E-state index in [1.54, 1.807) is 4.68 Å². The van der Waals surface area contributed by atoms with E-state index in [2.05, 4.69) is 10.4 Å². The summed E-state index contributed by atoms with van der Waals surface area (Å²) in [5, 5.41) is 6.27. The van der Waals surface area contributed by atoms with Crippen LogP contribution >= 0.6 is 0 Å². The second-order valence-electron chi connectivity index (χ2n) is 3.24. The van der Waals surface area contributed by atoms with Gasteiger partial charge in [0.1, 0.15) is 0 Å². The van der Waals surface area contributed by atoms with Crippen molar-refractivity contribution in [2.24, 2.45) is 5.73 Å². The van der Waals surface area contributed by atoms with Gasteiger partial charge in [-0.3, -0.25) is 14.6 Å². The van der Waals surface area contributed by atoms with Crippen LogP contribution in [0.3, 0.4) is 0 Å². The number of nitrogens with zero attached hydrogens (tertiary/aromatic N) is 1. The lowest BCUT2D eigenvalue weighted by Crippen LogP contribution is -2.27. The van der Waals surface area contributed by atoms with Crippen LogP contribution in [0.5, 0.6) is 0 Å². The van der Waals surface area contributed by atoms with E-state index in [4.69, 9.17) is 5.73 Å². The van der Waals surface area contributed by atoms with Gasteiger partial charge in [-0.25, -0.2) is 0 Å². The van der Waals surface area contributed by atoms with Crippen LogP contribution in [-0.2, 0) is 19.5 Å². The smallest absolute Gasteiger partial charge is 0.270 e. The van der Waals surface area contributed by atoms with Gasteiger partial charge in [0.05, 0.1) is 12.2 Å². The zero-order chi connectivity index (χ0) is 9.26. The normalized spacial score (nSPS) is 15.8. The van der Waals surface area contributed by atoms with E-state index < -0.39 is 0 Å². The molecule has 0 aliphatic carbocycles. The van der Waals surface area contributed by atoms with Gasteiger partial charge in [-0.15, -0.1) is 0 Å². The summed E-state index contributed by atoms with van der Waals surface area (Å²) in [5.74, 6) is 0. The molecule has 5 heteroatoms. The Labute approximate surface area is 75.9 Å². The maximum atomic E-state index is 11.7. The Bertz CT molecular complexity index is 352. The fourth-order valence-electron chi connectivity index (χ4n) is 1.69. The van der Waals surface area contributed by atoms with E-state index >= 15 is 0 Å². The second-order valence-corrected chi connectivity index (χ2v) is 3.24. The van der Waals surface area contributed by atoms with E-state index in [0.29, 0.717) is 13.1 Å². The molecule has 1 aliphatic rings. The number of rotatable bonds is 2. The molecule has 2 rings (SSSR count). The summed E-state index contributed by atoms with van der Waals surface area (Å²) in [5.41, 5.74) is 7.43. The minimum Gasteiger partial charge on any atom is -0.329 e. The molecule has 0 bridgehead atoms. The maximum absolute atomic E-state index is 11.7. The first-order chi connectivity index (χ1) is 6.33. The molecule has 1 aromatic heterocycles. The summed E-state index contributed by atoms with van der Waals surface area (Å²) < 4.78 is 1.59. The summed E-state index contributed by atoms with van der Waals surface area (Å²) in [6.07, 6.45) is 0.822. The van der Waals surface area contributed by atoms with E-state index in [1.807, 2.05) is 0 Å². The molecule has 0 fully saturated rings. The third-order valence-corrected chi connectivity index (χ3v) is 2.34. The number of nitrogens with one attached hydrogen (secondary N) is 2. The van der Waals surface area contributed by atoms with Gasteiger partial charge in [0.25, 0.3) is 5.56 Å². The number of nitrogens with two attached hydrogens (primary N) is 1. The van der Waals surface area contributed by atoms with Crippen molar-refractivity contribution in [2.75, 3.05) is 13.1 Å². The molecule has 13 heavy (non-hydrogen) atoms. The van der Waals surface area contributed by atoms with Gasteiger partial charge >= 0.3 is 0 Å². The topological polar surface area (TPSA) is 75.8 Å². The molecule has 0 saturated carbocycles. The van der Waals surface area contributed by atoms with Crippen molar-refractivity contribution in [1.29, 1.82) is 0 Å². The van der Waals surface area contributed by atoms with Crippen LogP contribution in [-0.4, -0.2) is 22.9 Å². The van der Waals surface area contributed by atoms with Gasteiger partial charge in [-0.05, 0) is 13.0 Å². The second kappa shape index (κ2) is 3.35. The summed E-state index contributed by atoms with van der Waals surface area (Å²) >= 11 is 0. The van der Waals surface area contributed by atoms with Gasteiger partial charge in [-0.2, -0.15) is 0 Å². The molecule has 0 radical (unpaired) electrons. The number of fused-ring (bicyclic) bond motifs is 1. The highest BCUT2D eigenvalue weighted by Gasteiger charge is 2.16. The van der Waals surface area contributed by atoms with E-state index in [1.165, 1.54) is 0 Å². The van der Waals surface area contributed by atoms with Gasteiger partial charge in [0, 0.05) is 18.7 Å². The summed E-state index contributed by atoms with van der Waals surface area (Å²) in [6.45, 7) is 2.73. The molecule has 4 N–H and O–H groups in total.